The second-order valence-corrected chi connectivity index (χ2v) is 6.44. The number of hydrogen-bond donors (Lipinski definition) is 0. The molecule has 0 fully saturated rings. The number of halogens is 1. The van der Waals surface area contributed by atoms with Crippen molar-refractivity contribution in [3.05, 3.63) is 87.9 Å². The molecule has 1 amide bonds. The van der Waals surface area contributed by atoms with Gasteiger partial charge >= 0.3 is 5.97 Å². The Kier molecular flexibility index (Phi) is 5.21. The topological polar surface area (TPSA) is 46.6 Å². The number of benzene rings is 2. The summed E-state index contributed by atoms with van der Waals surface area (Å²) in [4.78, 5) is 26.9. The number of nitrogens with zero attached hydrogens (tertiary/aromatic N) is 1. The molecule has 2 aromatic rings. The molecule has 0 unspecified atom stereocenters. The van der Waals surface area contributed by atoms with Gasteiger partial charge in [0, 0.05) is 5.70 Å². The molecule has 1 aliphatic rings. The van der Waals surface area contributed by atoms with E-state index in [9.17, 15) is 14.0 Å². The van der Waals surface area contributed by atoms with Crippen molar-refractivity contribution < 1.29 is 18.7 Å². The number of aryl methyl sites for hydroxylation is 1. The monoisotopic (exact) mass is 365 g/mol. The minimum Gasteiger partial charge on any atom is -0.465 e. The lowest BCUT2D eigenvalue weighted by Gasteiger charge is -2.18. The molecule has 0 aliphatic carbocycles. The van der Waals surface area contributed by atoms with Gasteiger partial charge in [0.05, 0.1) is 24.8 Å². The summed E-state index contributed by atoms with van der Waals surface area (Å²) < 4.78 is 18.4. The molecule has 1 aliphatic heterocycles. The molecule has 0 radical (unpaired) electrons. The van der Waals surface area contributed by atoms with E-state index in [0.29, 0.717) is 17.8 Å². The van der Waals surface area contributed by atoms with Crippen LogP contribution >= 0.6 is 0 Å². The second-order valence-electron chi connectivity index (χ2n) is 6.44. The minimum atomic E-state index is -0.588. The van der Waals surface area contributed by atoms with Crippen molar-refractivity contribution in [1.29, 1.82) is 0 Å². The first-order chi connectivity index (χ1) is 12.9. The summed E-state index contributed by atoms with van der Waals surface area (Å²) in [6, 6.07) is 13.7. The van der Waals surface area contributed by atoms with E-state index in [2.05, 4.69) is 0 Å². The molecule has 0 aromatic heterocycles. The number of hydrogen-bond acceptors (Lipinski definition) is 3. The van der Waals surface area contributed by atoms with Crippen molar-refractivity contribution in [1.82, 2.24) is 4.90 Å². The normalized spacial score (nSPS) is 15.6. The molecular formula is C22H20FNO3. The van der Waals surface area contributed by atoms with Gasteiger partial charge in [0.1, 0.15) is 5.82 Å². The summed E-state index contributed by atoms with van der Waals surface area (Å²) >= 11 is 0. The molecule has 0 spiro atoms. The van der Waals surface area contributed by atoms with Gasteiger partial charge in [0.25, 0.3) is 5.91 Å². The highest BCUT2D eigenvalue weighted by Crippen LogP contribution is 2.32. The van der Waals surface area contributed by atoms with E-state index < -0.39 is 11.8 Å². The molecule has 3 rings (SSSR count). The summed E-state index contributed by atoms with van der Waals surface area (Å²) in [6.45, 7) is 4.04. The van der Waals surface area contributed by atoms with Crippen LogP contribution in [0.25, 0.3) is 6.08 Å². The summed E-state index contributed by atoms with van der Waals surface area (Å²) in [5.41, 5.74) is 3.51. The van der Waals surface area contributed by atoms with Crippen LogP contribution in [-0.4, -0.2) is 23.9 Å². The van der Waals surface area contributed by atoms with Crippen molar-refractivity contribution in [3.8, 4) is 0 Å². The summed E-state index contributed by atoms with van der Waals surface area (Å²) in [7, 11) is 1.27. The lowest BCUT2D eigenvalue weighted by atomic mass is 10.0. The minimum absolute atomic E-state index is 0.206. The largest absolute Gasteiger partial charge is 0.465 e. The fourth-order valence-corrected chi connectivity index (χ4v) is 3.06. The first kappa shape index (κ1) is 18.6. The van der Waals surface area contributed by atoms with Gasteiger partial charge in [-0.05, 0) is 43.2 Å². The predicted octanol–water partition coefficient (Wildman–Crippen LogP) is 4.01. The SMILES string of the molecule is COC(=O)C1=C(C)N(Cc2ccc(C)cc2)C(=O)/C1=C\c1cccc(F)c1. The van der Waals surface area contributed by atoms with E-state index in [4.69, 9.17) is 4.74 Å². The molecule has 138 valence electrons. The third-order valence-corrected chi connectivity index (χ3v) is 4.52. The van der Waals surface area contributed by atoms with Crippen molar-refractivity contribution in [2.24, 2.45) is 0 Å². The van der Waals surface area contributed by atoms with E-state index >= 15 is 0 Å². The fraction of sp³-hybridized carbons (Fsp3) is 0.182. The van der Waals surface area contributed by atoms with Gasteiger partial charge < -0.3 is 9.64 Å². The fourth-order valence-electron chi connectivity index (χ4n) is 3.06. The van der Waals surface area contributed by atoms with Crippen LogP contribution in [-0.2, 0) is 20.9 Å². The zero-order valence-electron chi connectivity index (χ0n) is 15.5. The van der Waals surface area contributed by atoms with E-state index in [1.807, 2.05) is 31.2 Å². The zero-order valence-corrected chi connectivity index (χ0v) is 15.5. The Bertz CT molecular complexity index is 958. The van der Waals surface area contributed by atoms with Gasteiger partial charge in [-0.25, -0.2) is 9.18 Å². The van der Waals surface area contributed by atoms with Crippen molar-refractivity contribution in [2.45, 2.75) is 20.4 Å². The Labute approximate surface area is 157 Å². The number of carbonyl (C=O) groups is 2. The summed E-state index contributed by atoms with van der Waals surface area (Å²) in [5.74, 6) is -1.31. The number of allylic oxidation sites excluding steroid dienone is 1. The lowest BCUT2D eigenvalue weighted by molar-refractivity contribution is -0.136. The Morgan fingerprint density at radius 3 is 2.48 bits per heavy atom. The highest BCUT2D eigenvalue weighted by atomic mass is 19.1. The quantitative estimate of drug-likeness (QED) is 0.608. The maximum absolute atomic E-state index is 13.5. The summed E-state index contributed by atoms with van der Waals surface area (Å²) in [5, 5.41) is 0. The summed E-state index contributed by atoms with van der Waals surface area (Å²) in [6.07, 6.45) is 1.52. The molecule has 2 aromatic carbocycles. The molecule has 4 nitrogen and oxygen atoms in total. The number of esters is 1. The molecular weight excluding hydrogens is 345 g/mol. The van der Waals surface area contributed by atoms with Crippen LogP contribution in [0, 0.1) is 12.7 Å². The first-order valence-electron chi connectivity index (χ1n) is 8.55. The molecule has 0 N–H and O–H groups in total. The average Bonchev–Trinajstić information content (AvgIpc) is 2.87. The van der Waals surface area contributed by atoms with Crippen LogP contribution in [0.4, 0.5) is 4.39 Å². The molecule has 5 heteroatoms. The standard InChI is InChI=1S/C22H20FNO3/c1-14-7-9-16(10-8-14)13-24-15(2)20(22(26)27-3)19(21(24)25)12-17-5-4-6-18(23)11-17/h4-12H,13H2,1-3H3/b19-12-. The van der Waals surface area contributed by atoms with Crippen LogP contribution in [0.2, 0.25) is 0 Å². The van der Waals surface area contributed by atoms with Crippen LogP contribution in [0.1, 0.15) is 23.6 Å². The second kappa shape index (κ2) is 7.58. The highest BCUT2D eigenvalue weighted by molar-refractivity contribution is 6.16. The average molecular weight is 365 g/mol. The smallest absolute Gasteiger partial charge is 0.340 e. The maximum Gasteiger partial charge on any atom is 0.340 e. The van der Waals surface area contributed by atoms with Crippen LogP contribution in [0.15, 0.2) is 65.4 Å². The maximum atomic E-state index is 13.5. The van der Waals surface area contributed by atoms with Crippen LogP contribution in [0.5, 0.6) is 0 Å². The number of carbonyl (C=O) groups excluding carboxylic acids is 2. The molecule has 0 saturated heterocycles. The van der Waals surface area contributed by atoms with Gasteiger partial charge in [0.2, 0.25) is 0 Å². The van der Waals surface area contributed by atoms with Crippen molar-refractivity contribution in [3.63, 3.8) is 0 Å². The van der Waals surface area contributed by atoms with Crippen LogP contribution < -0.4 is 0 Å². The van der Waals surface area contributed by atoms with Crippen molar-refractivity contribution in [2.75, 3.05) is 7.11 Å². The van der Waals surface area contributed by atoms with Crippen LogP contribution in [0.3, 0.4) is 0 Å². The van der Waals surface area contributed by atoms with Gasteiger partial charge in [-0.3, -0.25) is 4.79 Å². The Morgan fingerprint density at radius 2 is 1.85 bits per heavy atom. The van der Waals surface area contributed by atoms with E-state index in [1.165, 1.54) is 25.3 Å². The zero-order chi connectivity index (χ0) is 19.6. The van der Waals surface area contributed by atoms with E-state index in [1.54, 1.807) is 24.0 Å². The molecule has 0 saturated carbocycles. The number of amides is 1. The third-order valence-electron chi connectivity index (χ3n) is 4.52. The number of ether oxygens (including phenoxy) is 1. The molecule has 27 heavy (non-hydrogen) atoms. The van der Waals surface area contributed by atoms with E-state index in [-0.39, 0.29) is 17.1 Å². The molecule has 0 bridgehead atoms. The lowest BCUT2D eigenvalue weighted by Crippen LogP contribution is -2.24. The number of methoxy groups -OCH3 is 1. The van der Waals surface area contributed by atoms with Gasteiger partial charge in [-0.15, -0.1) is 0 Å². The van der Waals surface area contributed by atoms with Gasteiger partial charge in [-0.1, -0.05) is 42.0 Å². The van der Waals surface area contributed by atoms with Gasteiger partial charge in [0.15, 0.2) is 0 Å². The molecule has 1 heterocycles. The molecule has 0 atom stereocenters. The number of rotatable bonds is 4. The van der Waals surface area contributed by atoms with Crippen molar-refractivity contribution >= 4 is 18.0 Å². The van der Waals surface area contributed by atoms with E-state index in [0.717, 1.165) is 11.1 Å². The Hall–Kier alpha value is -3.21. The third kappa shape index (κ3) is 3.82. The Morgan fingerprint density at radius 1 is 1.15 bits per heavy atom. The Balaban J connectivity index is 2.02. The highest BCUT2D eigenvalue weighted by Gasteiger charge is 2.36. The van der Waals surface area contributed by atoms with Gasteiger partial charge in [-0.2, -0.15) is 0 Å². The predicted molar refractivity (Wildman–Crippen MR) is 101 cm³/mol. The first-order valence-corrected chi connectivity index (χ1v) is 8.55.